The van der Waals surface area contributed by atoms with E-state index in [-0.39, 0.29) is 5.91 Å². The molecule has 0 rings (SSSR count). The molecule has 0 aromatic heterocycles. The molecule has 0 aliphatic carbocycles. The fourth-order valence-corrected chi connectivity index (χ4v) is 4.83. The highest BCUT2D eigenvalue weighted by atomic mass is 16.1. The molecule has 0 saturated carbocycles. The van der Waals surface area contributed by atoms with Crippen LogP contribution in [0.25, 0.3) is 0 Å². The van der Waals surface area contributed by atoms with Crippen molar-refractivity contribution in [3.05, 3.63) is 0 Å². The maximum absolute atomic E-state index is 12.1. The first kappa shape index (κ1) is 35.1. The zero-order valence-corrected chi connectivity index (χ0v) is 24.9. The number of hydrogen-bond donors (Lipinski definition) is 1. The van der Waals surface area contributed by atoms with Gasteiger partial charge in [0.25, 0.3) is 0 Å². The molecule has 4 heteroatoms. The van der Waals surface area contributed by atoms with E-state index < -0.39 is 0 Å². The normalized spacial score (nSPS) is 11.3. The van der Waals surface area contributed by atoms with Crippen molar-refractivity contribution in [2.75, 3.05) is 26.7 Å². The molecule has 0 aliphatic rings. The van der Waals surface area contributed by atoms with Gasteiger partial charge >= 0.3 is 0 Å². The summed E-state index contributed by atoms with van der Waals surface area (Å²) >= 11 is 0. The number of Topliss-reactive ketones (excluding diaryl/α,β-unsaturated/α-hetero) is 1. The summed E-state index contributed by atoms with van der Waals surface area (Å²) in [7, 11) is 2.15. The maximum atomic E-state index is 12.1. The number of carbonyl (C=O) groups excluding carboxylic acids is 2. The van der Waals surface area contributed by atoms with Crippen molar-refractivity contribution in [3.8, 4) is 0 Å². The molecule has 0 fully saturated rings. The number of ketones is 1. The Hall–Kier alpha value is -0.900. The maximum Gasteiger partial charge on any atom is 0.219 e. The third kappa shape index (κ3) is 27.7. The second-order valence-electron chi connectivity index (χ2n) is 11.2. The summed E-state index contributed by atoms with van der Waals surface area (Å²) in [5.41, 5.74) is 0. The van der Waals surface area contributed by atoms with Crippen molar-refractivity contribution >= 4 is 11.7 Å². The fourth-order valence-electron chi connectivity index (χ4n) is 4.83. The Morgan fingerprint density at radius 1 is 0.500 bits per heavy atom. The molecule has 0 aliphatic heterocycles. The van der Waals surface area contributed by atoms with Crippen LogP contribution in [0.4, 0.5) is 0 Å². The Balaban J connectivity index is 3.39. The first-order chi connectivity index (χ1) is 17.6. The van der Waals surface area contributed by atoms with Crippen molar-refractivity contribution in [1.82, 2.24) is 10.2 Å². The molecule has 0 heterocycles. The summed E-state index contributed by atoms with van der Waals surface area (Å²) in [5, 5.41) is 3.08. The Bertz CT molecular complexity index is 439. The van der Waals surface area contributed by atoms with Gasteiger partial charge in [-0.3, -0.25) is 9.59 Å². The number of unbranched alkanes of at least 4 members (excludes halogenated alkanes) is 17. The number of nitrogens with one attached hydrogen (secondary N) is 1. The first-order valence-electron chi connectivity index (χ1n) is 16.1. The highest BCUT2D eigenvalue weighted by molar-refractivity contribution is 5.78. The van der Waals surface area contributed by atoms with Crippen LogP contribution in [0.1, 0.15) is 168 Å². The van der Waals surface area contributed by atoms with Gasteiger partial charge in [-0.25, -0.2) is 0 Å². The van der Waals surface area contributed by atoms with E-state index in [0.717, 1.165) is 64.6 Å². The monoisotopic (exact) mass is 508 g/mol. The van der Waals surface area contributed by atoms with Gasteiger partial charge in [0.05, 0.1) is 0 Å². The Morgan fingerprint density at radius 2 is 0.889 bits per heavy atom. The Labute approximate surface area is 226 Å². The molecule has 36 heavy (non-hydrogen) atoms. The molecule has 1 N–H and O–H groups in total. The van der Waals surface area contributed by atoms with E-state index in [1.165, 1.54) is 103 Å². The van der Waals surface area contributed by atoms with Crippen LogP contribution in [0, 0.1) is 0 Å². The predicted octanol–water partition coefficient (Wildman–Crippen LogP) is 9.01. The van der Waals surface area contributed by atoms with Gasteiger partial charge in [0, 0.05) is 25.8 Å². The largest absolute Gasteiger partial charge is 0.356 e. The minimum Gasteiger partial charge on any atom is -0.356 e. The second-order valence-corrected chi connectivity index (χ2v) is 11.2. The van der Waals surface area contributed by atoms with Gasteiger partial charge in [-0.2, -0.15) is 0 Å². The Kier molecular flexibility index (Phi) is 28.0. The zero-order valence-electron chi connectivity index (χ0n) is 24.9. The van der Waals surface area contributed by atoms with Gasteiger partial charge in [-0.05, 0) is 52.2 Å². The molecule has 0 unspecified atom stereocenters. The van der Waals surface area contributed by atoms with E-state index in [0.29, 0.717) is 12.2 Å². The summed E-state index contributed by atoms with van der Waals surface area (Å²) in [6.45, 7) is 7.34. The van der Waals surface area contributed by atoms with Crippen molar-refractivity contribution in [3.63, 3.8) is 0 Å². The van der Waals surface area contributed by atoms with Crippen LogP contribution >= 0.6 is 0 Å². The lowest BCUT2D eigenvalue weighted by Gasteiger charge is -2.16. The number of rotatable bonds is 29. The van der Waals surface area contributed by atoms with Crippen LogP contribution in [0.2, 0.25) is 0 Å². The van der Waals surface area contributed by atoms with E-state index >= 15 is 0 Å². The van der Waals surface area contributed by atoms with Crippen LogP contribution in [0.15, 0.2) is 0 Å². The summed E-state index contributed by atoms with van der Waals surface area (Å²) in [6.07, 6.45) is 28.7. The van der Waals surface area contributed by atoms with E-state index in [1.54, 1.807) is 0 Å². The van der Waals surface area contributed by atoms with E-state index in [4.69, 9.17) is 0 Å². The number of hydrogen-bond acceptors (Lipinski definition) is 3. The third-order valence-electron chi connectivity index (χ3n) is 7.35. The quantitative estimate of drug-likeness (QED) is 0.103. The van der Waals surface area contributed by atoms with Gasteiger partial charge in [-0.15, -0.1) is 0 Å². The number of carbonyl (C=O) groups is 2. The average molecular weight is 509 g/mol. The molecule has 0 spiro atoms. The molecular weight excluding hydrogens is 444 g/mol. The second kappa shape index (κ2) is 28.7. The molecule has 4 nitrogen and oxygen atoms in total. The van der Waals surface area contributed by atoms with Crippen molar-refractivity contribution in [2.24, 2.45) is 0 Å². The molecular formula is C32H64N2O2. The first-order valence-corrected chi connectivity index (χ1v) is 16.1. The zero-order chi connectivity index (χ0) is 26.5. The standard InChI is InChI=1S/C32H64N2O2/c1-4-6-8-10-12-14-16-18-20-25-31(35)26-22-23-29-34(3)30-24-28-33-32(36)27-21-19-17-15-13-11-9-7-5-2/h4-30H2,1-3H3,(H,33,36). The summed E-state index contributed by atoms with van der Waals surface area (Å²) in [5.74, 6) is 0.668. The third-order valence-corrected chi connectivity index (χ3v) is 7.35. The fraction of sp³-hybridized carbons (Fsp3) is 0.938. The van der Waals surface area contributed by atoms with E-state index in [2.05, 4.69) is 31.1 Å². The number of amides is 1. The smallest absolute Gasteiger partial charge is 0.219 e. The van der Waals surface area contributed by atoms with Crippen LogP contribution < -0.4 is 5.32 Å². The van der Waals surface area contributed by atoms with E-state index in [1.807, 2.05) is 0 Å². The topological polar surface area (TPSA) is 49.4 Å². The molecule has 214 valence electrons. The van der Waals surface area contributed by atoms with Crippen LogP contribution in [0.3, 0.4) is 0 Å². The average Bonchev–Trinajstić information content (AvgIpc) is 2.87. The molecule has 0 aromatic carbocycles. The van der Waals surface area contributed by atoms with Gasteiger partial charge in [0.2, 0.25) is 5.91 Å². The lowest BCUT2D eigenvalue weighted by molar-refractivity contribution is -0.121. The summed E-state index contributed by atoms with van der Waals surface area (Å²) < 4.78 is 0. The lowest BCUT2D eigenvalue weighted by Crippen LogP contribution is -2.28. The van der Waals surface area contributed by atoms with E-state index in [9.17, 15) is 9.59 Å². The molecule has 0 radical (unpaired) electrons. The summed E-state index contributed by atoms with van der Waals surface area (Å²) in [4.78, 5) is 26.4. The molecule has 0 saturated heterocycles. The van der Waals surface area contributed by atoms with Gasteiger partial charge in [-0.1, -0.05) is 117 Å². The molecule has 1 amide bonds. The van der Waals surface area contributed by atoms with Crippen molar-refractivity contribution < 1.29 is 9.59 Å². The van der Waals surface area contributed by atoms with Gasteiger partial charge in [0.15, 0.2) is 0 Å². The van der Waals surface area contributed by atoms with Crippen molar-refractivity contribution in [1.29, 1.82) is 0 Å². The van der Waals surface area contributed by atoms with Gasteiger partial charge in [0.1, 0.15) is 5.78 Å². The van der Waals surface area contributed by atoms with Crippen molar-refractivity contribution in [2.45, 2.75) is 168 Å². The number of nitrogens with zero attached hydrogens (tertiary/aromatic N) is 1. The Morgan fingerprint density at radius 3 is 1.39 bits per heavy atom. The van der Waals surface area contributed by atoms with Crippen LogP contribution in [-0.2, 0) is 9.59 Å². The van der Waals surface area contributed by atoms with Crippen LogP contribution in [0.5, 0.6) is 0 Å². The lowest BCUT2D eigenvalue weighted by atomic mass is 10.0. The molecule has 0 atom stereocenters. The predicted molar refractivity (Wildman–Crippen MR) is 158 cm³/mol. The van der Waals surface area contributed by atoms with Gasteiger partial charge < -0.3 is 10.2 Å². The molecule has 0 aromatic rings. The minimum absolute atomic E-state index is 0.214. The minimum atomic E-state index is 0.214. The highest BCUT2D eigenvalue weighted by Gasteiger charge is 2.05. The molecule has 0 bridgehead atoms. The van der Waals surface area contributed by atoms with Crippen LogP contribution in [-0.4, -0.2) is 43.3 Å². The SMILES string of the molecule is CCCCCCCCCCCC(=O)CCCCN(C)CCCNC(=O)CCCCCCCCCCC. The highest BCUT2D eigenvalue weighted by Crippen LogP contribution is 2.12. The summed E-state index contributed by atoms with van der Waals surface area (Å²) in [6, 6.07) is 0.